The molecule has 0 saturated carbocycles. The number of pyridine rings is 1. The summed E-state index contributed by atoms with van der Waals surface area (Å²) in [7, 11) is 0. The smallest absolute Gasteiger partial charge is 0.269 e. The van der Waals surface area contributed by atoms with Gasteiger partial charge in [-0.1, -0.05) is 26.0 Å². The Morgan fingerprint density at radius 3 is 2.58 bits per heavy atom. The Morgan fingerprint density at radius 2 is 2.17 bits per heavy atom. The van der Waals surface area contributed by atoms with Crippen molar-refractivity contribution in [2.75, 3.05) is 0 Å². The molecular weight excluding hydrogens is 148 g/mol. The van der Waals surface area contributed by atoms with Crippen LogP contribution in [0.5, 0.6) is 0 Å². The van der Waals surface area contributed by atoms with E-state index in [0.29, 0.717) is 11.7 Å². The van der Waals surface area contributed by atoms with Crippen LogP contribution in [-0.4, -0.2) is 4.98 Å². The lowest BCUT2D eigenvalue weighted by Crippen LogP contribution is -1.92. The Morgan fingerprint density at radius 1 is 1.50 bits per heavy atom. The van der Waals surface area contributed by atoms with Crippen molar-refractivity contribution in [3.63, 3.8) is 0 Å². The Bertz CT molecular complexity index is 321. The van der Waals surface area contributed by atoms with Crippen LogP contribution in [0.15, 0.2) is 12.3 Å². The molecule has 12 heavy (non-hydrogen) atoms. The molecule has 0 unspecified atom stereocenters. The SMILES string of the molecule is [C-]#[N+]c1cc(C)c(C(C)C)cn1. The lowest BCUT2D eigenvalue weighted by molar-refractivity contribution is 0.849. The van der Waals surface area contributed by atoms with Gasteiger partial charge in [0.05, 0.1) is 0 Å². The van der Waals surface area contributed by atoms with Crippen molar-refractivity contribution in [3.05, 3.63) is 34.8 Å². The van der Waals surface area contributed by atoms with Crippen LogP contribution in [0.4, 0.5) is 5.82 Å². The Labute approximate surface area is 73.1 Å². The summed E-state index contributed by atoms with van der Waals surface area (Å²) in [5, 5.41) is 0. The van der Waals surface area contributed by atoms with E-state index in [9.17, 15) is 0 Å². The monoisotopic (exact) mass is 160 g/mol. The molecule has 62 valence electrons. The van der Waals surface area contributed by atoms with Gasteiger partial charge in [-0.25, -0.2) is 0 Å². The van der Waals surface area contributed by atoms with Crippen LogP contribution >= 0.6 is 0 Å². The van der Waals surface area contributed by atoms with Gasteiger partial charge in [-0.05, 0) is 24.5 Å². The minimum absolute atomic E-state index is 0.483. The molecule has 0 atom stereocenters. The summed E-state index contributed by atoms with van der Waals surface area (Å²) >= 11 is 0. The van der Waals surface area contributed by atoms with Crippen LogP contribution in [0.1, 0.15) is 30.9 Å². The number of rotatable bonds is 1. The summed E-state index contributed by atoms with van der Waals surface area (Å²) in [6, 6.07) is 1.84. The zero-order valence-electron chi connectivity index (χ0n) is 7.63. The highest BCUT2D eigenvalue weighted by molar-refractivity contribution is 5.41. The molecule has 0 saturated heterocycles. The minimum Gasteiger partial charge on any atom is -0.361 e. The molecule has 1 rings (SSSR count). The fraction of sp³-hybridized carbons (Fsp3) is 0.400. The molecule has 1 aromatic heterocycles. The van der Waals surface area contributed by atoms with E-state index in [0.717, 1.165) is 5.56 Å². The number of hydrogen-bond donors (Lipinski definition) is 0. The topological polar surface area (TPSA) is 17.2 Å². The second-order valence-corrected chi connectivity index (χ2v) is 3.17. The van der Waals surface area contributed by atoms with E-state index < -0.39 is 0 Å². The van der Waals surface area contributed by atoms with E-state index in [2.05, 4.69) is 23.7 Å². The van der Waals surface area contributed by atoms with Crippen molar-refractivity contribution >= 4 is 5.82 Å². The van der Waals surface area contributed by atoms with Gasteiger partial charge in [0.25, 0.3) is 5.82 Å². The van der Waals surface area contributed by atoms with Gasteiger partial charge in [-0.15, -0.1) is 4.98 Å². The van der Waals surface area contributed by atoms with Gasteiger partial charge in [0.2, 0.25) is 0 Å². The van der Waals surface area contributed by atoms with Crippen molar-refractivity contribution in [1.29, 1.82) is 0 Å². The third-order valence-electron chi connectivity index (χ3n) is 1.87. The number of nitrogens with zero attached hydrogens (tertiary/aromatic N) is 2. The number of aryl methyl sites for hydroxylation is 1. The molecule has 0 radical (unpaired) electrons. The molecule has 2 nitrogen and oxygen atoms in total. The molecule has 2 heteroatoms. The first-order valence-electron chi connectivity index (χ1n) is 3.99. The molecule has 0 fully saturated rings. The van der Waals surface area contributed by atoms with Gasteiger partial charge in [0.15, 0.2) is 0 Å². The quantitative estimate of drug-likeness (QED) is 0.577. The van der Waals surface area contributed by atoms with Crippen molar-refractivity contribution in [2.24, 2.45) is 0 Å². The van der Waals surface area contributed by atoms with E-state index in [4.69, 9.17) is 6.57 Å². The number of hydrogen-bond acceptors (Lipinski definition) is 1. The molecule has 0 aliphatic rings. The third kappa shape index (κ3) is 1.62. The Kier molecular flexibility index (Phi) is 2.44. The molecule has 0 amide bonds. The van der Waals surface area contributed by atoms with Crippen molar-refractivity contribution in [2.45, 2.75) is 26.7 Å². The number of aromatic nitrogens is 1. The van der Waals surface area contributed by atoms with E-state index >= 15 is 0 Å². The molecule has 0 aliphatic carbocycles. The zero-order valence-corrected chi connectivity index (χ0v) is 7.63. The lowest BCUT2D eigenvalue weighted by atomic mass is 10.0. The summed E-state index contributed by atoms with van der Waals surface area (Å²) in [5.41, 5.74) is 2.38. The van der Waals surface area contributed by atoms with Crippen LogP contribution in [0.3, 0.4) is 0 Å². The Hall–Kier alpha value is -1.36. The van der Waals surface area contributed by atoms with Gasteiger partial charge in [-0.2, -0.15) is 0 Å². The van der Waals surface area contributed by atoms with Crippen LogP contribution < -0.4 is 0 Å². The molecule has 0 aliphatic heterocycles. The fourth-order valence-electron chi connectivity index (χ4n) is 1.22. The molecule has 1 heterocycles. The maximum Gasteiger partial charge on any atom is 0.269 e. The highest BCUT2D eigenvalue weighted by atomic mass is 14.9. The molecule has 0 aromatic carbocycles. The van der Waals surface area contributed by atoms with E-state index in [1.807, 2.05) is 13.0 Å². The molecule has 0 bridgehead atoms. The van der Waals surface area contributed by atoms with Crippen LogP contribution in [0, 0.1) is 13.5 Å². The van der Waals surface area contributed by atoms with Gasteiger partial charge >= 0.3 is 0 Å². The second-order valence-electron chi connectivity index (χ2n) is 3.17. The molecular formula is C10H12N2. The zero-order chi connectivity index (χ0) is 9.14. The largest absolute Gasteiger partial charge is 0.361 e. The fourth-order valence-corrected chi connectivity index (χ4v) is 1.22. The highest BCUT2D eigenvalue weighted by Gasteiger charge is 2.05. The first-order chi connectivity index (χ1) is 5.65. The van der Waals surface area contributed by atoms with Gasteiger partial charge in [0.1, 0.15) is 6.20 Å². The van der Waals surface area contributed by atoms with E-state index in [1.54, 1.807) is 6.20 Å². The lowest BCUT2D eigenvalue weighted by Gasteiger charge is -2.06. The van der Waals surface area contributed by atoms with Gasteiger partial charge < -0.3 is 4.85 Å². The van der Waals surface area contributed by atoms with Crippen LogP contribution in [0.25, 0.3) is 4.85 Å². The van der Waals surface area contributed by atoms with E-state index in [1.165, 1.54) is 5.56 Å². The normalized spacial score (nSPS) is 9.92. The average molecular weight is 160 g/mol. The maximum atomic E-state index is 6.78. The molecule has 0 N–H and O–H groups in total. The van der Waals surface area contributed by atoms with Crippen molar-refractivity contribution in [3.8, 4) is 0 Å². The van der Waals surface area contributed by atoms with Crippen molar-refractivity contribution < 1.29 is 0 Å². The summed E-state index contributed by atoms with van der Waals surface area (Å²) in [6.45, 7) is 13.1. The third-order valence-corrected chi connectivity index (χ3v) is 1.87. The first kappa shape index (κ1) is 8.73. The highest BCUT2D eigenvalue weighted by Crippen LogP contribution is 2.20. The summed E-state index contributed by atoms with van der Waals surface area (Å²) in [5.74, 6) is 0.967. The second kappa shape index (κ2) is 3.36. The van der Waals surface area contributed by atoms with Gasteiger partial charge in [0, 0.05) is 0 Å². The van der Waals surface area contributed by atoms with Crippen LogP contribution in [0.2, 0.25) is 0 Å². The molecule has 1 aromatic rings. The average Bonchev–Trinajstić information content (AvgIpc) is 2.03. The maximum absolute atomic E-state index is 6.78. The minimum atomic E-state index is 0.483. The van der Waals surface area contributed by atoms with Gasteiger partial charge in [-0.3, -0.25) is 0 Å². The predicted octanol–water partition coefficient (Wildman–Crippen LogP) is 3.06. The Balaban J connectivity index is 3.14. The van der Waals surface area contributed by atoms with Crippen molar-refractivity contribution in [1.82, 2.24) is 4.98 Å². The van der Waals surface area contributed by atoms with Crippen LogP contribution in [-0.2, 0) is 0 Å². The summed E-state index contributed by atoms with van der Waals surface area (Å²) in [4.78, 5) is 7.30. The summed E-state index contributed by atoms with van der Waals surface area (Å²) < 4.78 is 0. The molecule has 0 spiro atoms. The standard InChI is InChI=1S/C10H12N2/c1-7(2)9-6-12-10(11-4)5-8(9)3/h5-7H,1-3H3. The first-order valence-corrected chi connectivity index (χ1v) is 3.99. The summed E-state index contributed by atoms with van der Waals surface area (Å²) in [6.07, 6.45) is 1.80. The van der Waals surface area contributed by atoms with E-state index in [-0.39, 0.29) is 0 Å². The predicted molar refractivity (Wildman–Crippen MR) is 49.3 cm³/mol.